The van der Waals surface area contributed by atoms with Gasteiger partial charge < -0.3 is 9.31 Å². The van der Waals surface area contributed by atoms with E-state index in [1.54, 1.807) is 18.3 Å². The van der Waals surface area contributed by atoms with Crippen molar-refractivity contribution >= 4 is 18.4 Å². The summed E-state index contributed by atoms with van der Waals surface area (Å²) in [6.07, 6.45) is 1.55. The van der Waals surface area contributed by atoms with Gasteiger partial charge in [-0.25, -0.2) is 4.98 Å². The fraction of sp³-hybridized carbons (Fsp3) is 0.545. The van der Waals surface area contributed by atoms with Gasteiger partial charge in [-0.1, -0.05) is 6.07 Å². The standard InChI is InChI=1S/C11H15BN2O3/c1-10(2)11(3,4)17-12(16-10)8-5-6-9(14-15)13-7-8/h5-7H,1-4H3. The van der Waals surface area contributed by atoms with Gasteiger partial charge in [-0.2, -0.15) is 0 Å². The lowest BCUT2D eigenvalue weighted by Crippen LogP contribution is -2.41. The topological polar surface area (TPSA) is 60.8 Å². The minimum Gasteiger partial charge on any atom is -0.399 e. The molecule has 0 spiro atoms. The minimum atomic E-state index is -0.451. The van der Waals surface area contributed by atoms with E-state index in [0.29, 0.717) is 0 Å². The third-order valence-corrected chi connectivity index (χ3v) is 3.39. The molecule has 0 amide bonds. The van der Waals surface area contributed by atoms with Crippen LogP contribution in [-0.4, -0.2) is 23.3 Å². The normalized spacial score (nSPS) is 21.5. The van der Waals surface area contributed by atoms with Crippen molar-refractivity contribution in [1.29, 1.82) is 0 Å². The van der Waals surface area contributed by atoms with Gasteiger partial charge >= 0.3 is 7.12 Å². The summed E-state index contributed by atoms with van der Waals surface area (Å²) in [5.41, 5.74) is 0.0365. The maximum atomic E-state index is 10.3. The highest BCUT2D eigenvalue weighted by Gasteiger charge is 2.51. The quantitative estimate of drug-likeness (QED) is 0.578. The molecule has 2 rings (SSSR count). The Balaban J connectivity index is 2.22. The molecular weight excluding hydrogens is 219 g/mol. The number of rotatable bonds is 2. The summed E-state index contributed by atoms with van der Waals surface area (Å²) in [6, 6.07) is 3.29. The molecule has 1 aromatic heterocycles. The summed E-state index contributed by atoms with van der Waals surface area (Å²) in [5.74, 6) is 0.158. The first kappa shape index (κ1) is 12.2. The van der Waals surface area contributed by atoms with E-state index in [0.717, 1.165) is 5.46 Å². The number of hydrogen-bond donors (Lipinski definition) is 0. The molecule has 1 aliphatic rings. The highest BCUT2D eigenvalue weighted by molar-refractivity contribution is 6.62. The van der Waals surface area contributed by atoms with Crippen LogP contribution in [-0.2, 0) is 9.31 Å². The molecule has 6 heteroatoms. The molecule has 1 saturated heterocycles. The van der Waals surface area contributed by atoms with Gasteiger partial charge in [-0.15, -0.1) is 4.91 Å². The van der Waals surface area contributed by atoms with Crippen LogP contribution < -0.4 is 5.46 Å². The van der Waals surface area contributed by atoms with Crippen LogP contribution in [0.5, 0.6) is 0 Å². The van der Waals surface area contributed by atoms with E-state index in [1.807, 2.05) is 27.7 Å². The molecule has 0 unspecified atom stereocenters. The van der Waals surface area contributed by atoms with Crippen molar-refractivity contribution in [3.8, 4) is 0 Å². The summed E-state index contributed by atoms with van der Waals surface area (Å²) in [7, 11) is -0.451. The van der Waals surface area contributed by atoms with Gasteiger partial charge in [0.05, 0.1) is 11.2 Å². The molecule has 0 saturated carbocycles. The lowest BCUT2D eigenvalue weighted by atomic mass is 9.80. The van der Waals surface area contributed by atoms with E-state index < -0.39 is 7.12 Å². The second kappa shape index (κ2) is 3.89. The highest BCUT2D eigenvalue weighted by atomic mass is 16.7. The molecule has 1 aromatic rings. The van der Waals surface area contributed by atoms with Gasteiger partial charge in [0.15, 0.2) is 5.82 Å². The maximum absolute atomic E-state index is 10.3. The van der Waals surface area contributed by atoms with Crippen molar-refractivity contribution in [2.75, 3.05) is 0 Å². The Kier molecular flexibility index (Phi) is 2.79. The highest BCUT2D eigenvalue weighted by Crippen LogP contribution is 2.36. The molecule has 0 atom stereocenters. The number of pyridine rings is 1. The van der Waals surface area contributed by atoms with E-state index >= 15 is 0 Å². The van der Waals surface area contributed by atoms with E-state index in [2.05, 4.69) is 10.2 Å². The minimum absolute atomic E-state index is 0.158. The van der Waals surface area contributed by atoms with Crippen molar-refractivity contribution in [3.05, 3.63) is 23.2 Å². The van der Waals surface area contributed by atoms with Crippen LogP contribution in [0.15, 0.2) is 23.5 Å². The second-order valence-electron chi connectivity index (χ2n) is 5.13. The number of nitrogens with zero attached hydrogens (tertiary/aromatic N) is 2. The molecule has 0 aromatic carbocycles. The van der Waals surface area contributed by atoms with Crippen molar-refractivity contribution in [2.24, 2.45) is 5.18 Å². The lowest BCUT2D eigenvalue weighted by Gasteiger charge is -2.32. The van der Waals surface area contributed by atoms with Crippen LogP contribution in [0.4, 0.5) is 5.82 Å². The second-order valence-corrected chi connectivity index (χ2v) is 5.13. The zero-order valence-electron chi connectivity index (χ0n) is 10.4. The fourth-order valence-electron chi connectivity index (χ4n) is 1.57. The average molecular weight is 234 g/mol. The van der Waals surface area contributed by atoms with Gasteiger partial charge in [0, 0.05) is 11.7 Å². The van der Waals surface area contributed by atoms with Crippen molar-refractivity contribution in [1.82, 2.24) is 4.98 Å². The molecule has 0 bridgehead atoms. The maximum Gasteiger partial charge on any atom is 0.496 e. The van der Waals surface area contributed by atoms with Crippen LogP contribution in [0, 0.1) is 4.91 Å². The molecule has 0 radical (unpaired) electrons. The van der Waals surface area contributed by atoms with E-state index in [1.165, 1.54) is 0 Å². The predicted molar refractivity (Wildman–Crippen MR) is 65.4 cm³/mol. The zero-order valence-corrected chi connectivity index (χ0v) is 10.4. The third-order valence-electron chi connectivity index (χ3n) is 3.39. The predicted octanol–water partition coefficient (Wildman–Crippen LogP) is 1.78. The Bertz CT molecular complexity index is 415. The number of nitroso groups, excluding NO2 is 1. The fourth-order valence-corrected chi connectivity index (χ4v) is 1.57. The Labute approximate surface area is 101 Å². The van der Waals surface area contributed by atoms with Crippen LogP contribution in [0.25, 0.3) is 0 Å². The lowest BCUT2D eigenvalue weighted by molar-refractivity contribution is 0.00578. The summed E-state index contributed by atoms with van der Waals surface area (Å²) in [5, 5.41) is 2.75. The first-order chi connectivity index (χ1) is 7.86. The molecule has 90 valence electrons. The summed E-state index contributed by atoms with van der Waals surface area (Å²) >= 11 is 0. The molecule has 1 fully saturated rings. The van der Waals surface area contributed by atoms with Crippen LogP contribution in [0.3, 0.4) is 0 Å². The molecule has 2 heterocycles. The monoisotopic (exact) mass is 234 g/mol. The van der Waals surface area contributed by atoms with Crippen molar-refractivity contribution in [3.63, 3.8) is 0 Å². The van der Waals surface area contributed by atoms with Crippen molar-refractivity contribution < 1.29 is 9.31 Å². The van der Waals surface area contributed by atoms with Gasteiger partial charge in [-0.05, 0) is 38.9 Å². The first-order valence-electron chi connectivity index (χ1n) is 5.51. The Morgan fingerprint density at radius 3 is 2.18 bits per heavy atom. The van der Waals surface area contributed by atoms with Crippen LogP contribution >= 0.6 is 0 Å². The summed E-state index contributed by atoms with van der Waals surface area (Å²) in [4.78, 5) is 14.2. The van der Waals surface area contributed by atoms with Crippen LogP contribution in [0.1, 0.15) is 27.7 Å². The summed E-state index contributed by atoms with van der Waals surface area (Å²) < 4.78 is 11.7. The largest absolute Gasteiger partial charge is 0.496 e. The Morgan fingerprint density at radius 2 is 1.76 bits per heavy atom. The van der Waals surface area contributed by atoms with E-state index in [9.17, 15) is 4.91 Å². The smallest absolute Gasteiger partial charge is 0.399 e. The molecular formula is C11H15BN2O3. The average Bonchev–Trinajstić information content (AvgIpc) is 2.48. The number of hydrogen-bond acceptors (Lipinski definition) is 5. The first-order valence-corrected chi connectivity index (χ1v) is 5.51. The molecule has 17 heavy (non-hydrogen) atoms. The molecule has 1 aliphatic heterocycles. The van der Waals surface area contributed by atoms with Gasteiger partial charge in [0.1, 0.15) is 0 Å². The Hall–Kier alpha value is -1.27. The Morgan fingerprint density at radius 1 is 1.18 bits per heavy atom. The number of aromatic nitrogens is 1. The zero-order chi connectivity index (χ0) is 12.7. The van der Waals surface area contributed by atoms with E-state index in [4.69, 9.17) is 9.31 Å². The van der Waals surface area contributed by atoms with Gasteiger partial charge in [0.2, 0.25) is 0 Å². The third kappa shape index (κ3) is 2.10. The van der Waals surface area contributed by atoms with E-state index in [-0.39, 0.29) is 17.0 Å². The van der Waals surface area contributed by atoms with Crippen molar-refractivity contribution in [2.45, 2.75) is 38.9 Å². The summed E-state index contributed by atoms with van der Waals surface area (Å²) in [6.45, 7) is 7.95. The van der Waals surface area contributed by atoms with Gasteiger partial charge in [-0.3, -0.25) is 0 Å². The molecule has 0 N–H and O–H groups in total. The van der Waals surface area contributed by atoms with Crippen LogP contribution in [0.2, 0.25) is 0 Å². The SMILES string of the molecule is CC1(C)OB(c2ccc(N=O)nc2)OC1(C)C. The molecule has 5 nitrogen and oxygen atoms in total. The van der Waals surface area contributed by atoms with Gasteiger partial charge in [0.25, 0.3) is 0 Å². The molecule has 0 aliphatic carbocycles.